The molecule has 2 nitrogen and oxygen atoms in total. The molecular formula is C27H20I2O2. The van der Waals surface area contributed by atoms with Gasteiger partial charge in [0.05, 0.1) is 7.14 Å². The van der Waals surface area contributed by atoms with Gasteiger partial charge in [-0.25, -0.2) is 0 Å². The topological polar surface area (TPSA) is 26.3 Å². The van der Waals surface area contributed by atoms with Crippen molar-refractivity contribution in [3.63, 3.8) is 0 Å². The highest BCUT2D eigenvalue weighted by molar-refractivity contribution is 14.1. The molecule has 0 amide bonds. The molecule has 4 aromatic rings. The first kappa shape index (κ1) is 22.0. The zero-order valence-corrected chi connectivity index (χ0v) is 21.3. The van der Waals surface area contributed by atoms with E-state index in [0.717, 1.165) is 29.6 Å². The summed E-state index contributed by atoms with van der Waals surface area (Å²) in [6, 6.07) is 26.3. The second-order valence-corrected chi connectivity index (χ2v) is 9.63. The van der Waals surface area contributed by atoms with E-state index in [4.69, 9.17) is 4.74 Å². The molecule has 0 aliphatic carbocycles. The molecule has 31 heavy (non-hydrogen) atoms. The molecule has 0 aliphatic heterocycles. The van der Waals surface area contributed by atoms with E-state index in [1.807, 2.05) is 49.4 Å². The summed E-state index contributed by atoms with van der Waals surface area (Å²) in [6.45, 7) is 2.52. The SMILES string of the molecule is Cc1ccc(C(=O)/C=C/c2cc(I)c(OCc3cccc4ccccc34)c(I)c2)cc1. The number of fused-ring (bicyclic) bond motifs is 1. The molecule has 4 heteroatoms. The van der Waals surface area contributed by atoms with Crippen LogP contribution in [0.25, 0.3) is 16.8 Å². The smallest absolute Gasteiger partial charge is 0.185 e. The molecule has 0 heterocycles. The summed E-state index contributed by atoms with van der Waals surface area (Å²) in [5.74, 6) is 0.873. The Morgan fingerprint density at radius 3 is 2.32 bits per heavy atom. The van der Waals surface area contributed by atoms with Crippen LogP contribution in [0.1, 0.15) is 27.0 Å². The number of carbonyl (C=O) groups excluding carboxylic acids is 1. The number of carbonyl (C=O) groups is 1. The zero-order chi connectivity index (χ0) is 21.8. The fraction of sp³-hybridized carbons (Fsp3) is 0.0741. The number of aryl methyl sites for hydroxylation is 1. The van der Waals surface area contributed by atoms with Gasteiger partial charge in [-0.3, -0.25) is 4.79 Å². The molecule has 0 saturated carbocycles. The molecule has 0 aromatic heterocycles. The van der Waals surface area contributed by atoms with Crippen molar-refractivity contribution in [1.29, 1.82) is 0 Å². The molecule has 4 rings (SSSR count). The van der Waals surface area contributed by atoms with Gasteiger partial charge >= 0.3 is 0 Å². The first-order valence-corrected chi connectivity index (χ1v) is 12.0. The van der Waals surface area contributed by atoms with Crippen LogP contribution in [0.2, 0.25) is 0 Å². The van der Waals surface area contributed by atoms with Gasteiger partial charge in [0.2, 0.25) is 0 Å². The van der Waals surface area contributed by atoms with Crippen molar-refractivity contribution in [2.45, 2.75) is 13.5 Å². The number of hydrogen-bond donors (Lipinski definition) is 0. The van der Waals surface area contributed by atoms with Crippen molar-refractivity contribution in [3.8, 4) is 5.75 Å². The van der Waals surface area contributed by atoms with Gasteiger partial charge in [-0.15, -0.1) is 0 Å². The van der Waals surface area contributed by atoms with E-state index in [2.05, 4.69) is 87.6 Å². The van der Waals surface area contributed by atoms with Gasteiger partial charge in [-0.05, 0) is 92.2 Å². The van der Waals surface area contributed by atoms with Crippen molar-refractivity contribution < 1.29 is 9.53 Å². The van der Waals surface area contributed by atoms with Crippen LogP contribution in [-0.2, 0) is 6.61 Å². The molecule has 0 fully saturated rings. The Morgan fingerprint density at radius 2 is 1.58 bits per heavy atom. The molecular weight excluding hydrogens is 610 g/mol. The number of halogens is 2. The fourth-order valence-corrected chi connectivity index (χ4v) is 5.50. The summed E-state index contributed by atoms with van der Waals surface area (Å²) in [4.78, 5) is 12.4. The number of ether oxygens (including phenoxy) is 1. The Kier molecular flexibility index (Phi) is 7.07. The number of hydrogen-bond acceptors (Lipinski definition) is 2. The normalized spacial score (nSPS) is 11.2. The van der Waals surface area contributed by atoms with Crippen LogP contribution in [0.3, 0.4) is 0 Å². The summed E-state index contributed by atoms with van der Waals surface area (Å²) in [5, 5.41) is 2.43. The summed E-state index contributed by atoms with van der Waals surface area (Å²) < 4.78 is 8.26. The predicted molar refractivity (Wildman–Crippen MR) is 145 cm³/mol. The second kappa shape index (κ2) is 9.96. The van der Waals surface area contributed by atoms with E-state index in [1.54, 1.807) is 6.08 Å². The Morgan fingerprint density at radius 1 is 0.903 bits per heavy atom. The van der Waals surface area contributed by atoms with Crippen LogP contribution in [0.15, 0.2) is 84.9 Å². The monoisotopic (exact) mass is 630 g/mol. The molecule has 0 aliphatic rings. The molecule has 0 radical (unpaired) electrons. The maximum atomic E-state index is 12.4. The van der Waals surface area contributed by atoms with Gasteiger partial charge in [0.15, 0.2) is 5.78 Å². The highest BCUT2D eigenvalue weighted by atomic mass is 127. The van der Waals surface area contributed by atoms with Crippen LogP contribution >= 0.6 is 45.2 Å². The number of rotatable bonds is 6. The van der Waals surface area contributed by atoms with Crippen molar-refractivity contribution in [1.82, 2.24) is 0 Å². The zero-order valence-electron chi connectivity index (χ0n) is 16.9. The van der Waals surface area contributed by atoms with Gasteiger partial charge in [-0.1, -0.05) is 78.4 Å². The second-order valence-electron chi connectivity index (χ2n) is 7.30. The molecule has 0 spiro atoms. The van der Waals surface area contributed by atoms with Gasteiger partial charge in [0, 0.05) is 5.56 Å². The number of ketones is 1. The van der Waals surface area contributed by atoms with Crippen molar-refractivity contribution in [2.75, 3.05) is 0 Å². The Hall–Kier alpha value is -2.19. The van der Waals surface area contributed by atoms with E-state index in [0.29, 0.717) is 12.2 Å². The highest BCUT2D eigenvalue weighted by Gasteiger charge is 2.10. The van der Waals surface area contributed by atoms with Crippen LogP contribution < -0.4 is 4.74 Å². The average Bonchev–Trinajstić information content (AvgIpc) is 2.77. The van der Waals surface area contributed by atoms with Crippen molar-refractivity contribution in [3.05, 3.63) is 114 Å². The Bertz CT molecular complexity index is 1250. The van der Waals surface area contributed by atoms with Gasteiger partial charge in [-0.2, -0.15) is 0 Å². The maximum Gasteiger partial charge on any atom is 0.185 e. The Labute approximate surface area is 209 Å². The van der Waals surface area contributed by atoms with Crippen LogP contribution in [-0.4, -0.2) is 5.78 Å². The molecule has 0 bridgehead atoms. The minimum absolute atomic E-state index is 0.00120. The van der Waals surface area contributed by atoms with Crippen LogP contribution in [0.5, 0.6) is 5.75 Å². The fourth-order valence-electron chi connectivity index (χ4n) is 3.37. The van der Waals surface area contributed by atoms with E-state index in [-0.39, 0.29) is 5.78 Å². The van der Waals surface area contributed by atoms with E-state index < -0.39 is 0 Å². The number of benzene rings is 4. The molecule has 0 atom stereocenters. The van der Waals surface area contributed by atoms with E-state index >= 15 is 0 Å². The predicted octanol–water partition coefficient (Wildman–Crippen LogP) is 7.83. The molecule has 4 aromatic carbocycles. The minimum Gasteiger partial charge on any atom is -0.487 e. The standard InChI is InChI=1S/C27H20I2O2/c1-18-9-12-21(13-10-18)26(30)14-11-19-15-24(28)27(25(29)16-19)31-17-22-7-4-6-20-5-2-3-8-23(20)22/h2-16H,17H2,1H3/b14-11+. The summed E-state index contributed by atoms with van der Waals surface area (Å²) in [6.07, 6.45) is 3.49. The maximum absolute atomic E-state index is 12.4. The minimum atomic E-state index is 0.00120. The van der Waals surface area contributed by atoms with Crippen LogP contribution in [0.4, 0.5) is 0 Å². The molecule has 154 valence electrons. The molecule has 0 saturated heterocycles. The summed E-state index contributed by atoms with van der Waals surface area (Å²) in [5.41, 5.74) is 3.98. The first-order chi connectivity index (χ1) is 15.0. The lowest BCUT2D eigenvalue weighted by Gasteiger charge is -2.13. The third-order valence-electron chi connectivity index (χ3n) is 5.04. The summed E-state index contributed by atoms with van der Waals surface area (Å²) in [7, 11) is 0. The highest BCUT2D eigenvalue weighted by Crippen LogP contribution is 2.31. The van der Waals surface area contributed by atoms with E-state index in [1.165, 1.54) is 10.8 Å². The van der Waals surface area contributed by atoms with Crippen LogP contribution in [0, 0.1) is 14.1 Å². The quantitative estimate of drug-likeness (QED) is 0.123. The summed E-state index contributed by atoms with van der Waals surface area (Å²) >= 11 is 4.59. The van der Waals surface area contributed by atoms with E-state index in [9.17, 15) is 4.79 Å². The molecule has 0 unspecified atom stereocenters. The largest absolute Gasteiger partial charge is 0.487 e. The average molecular weight is 630 g/mol. The number of allylic oxidation sites excluding steroid dienone is 1. The van der Waals surface area contributed by atoms with Crippen molar-refractivity contribution in [2.24, 2.45) is 0 Å². The van der Waals surface area contributed by atoms with Gasteiger partial charge < -0.3 is 4.74 Å². The molecule has 0 N–H and O–H groups in total. The van der Waals surface area contributed by atoms with Crippen molar-refractivity contribution >= 4 is 67.8 Å². The lowest BCUT2D eigenvalue weighted by molar-refractivity contribution is 0.104. The third-order valence-corrected chi connectivity index (χ3v) is 6.64. The lowest BCUT2D eigenvalue weighted by atomic mass is 10.1. The first-order valence-electron chi connectivity index (χ1n) is 9.89. The van der Waals surface area contributed by atoms with Gasteiger partial charge in [0.1, 0.15) is 12.4 Å². The lowest BCUT2D eigenvalue weighted by Crippen LogP contribution is -2.00. The third kappa shape index (κ3) is 5.36. The Balaban J connectivity index is 1.50. The van der Waals surface area contributed by atoms with Gasteiger partial charge in [0.25, 0.3) is 0 Å².